The van der Waals surface area contributed by atoms with Crippen LogP contribution in [0.1, 0.15) is 24.2 Å². The standard InChI is InChI=1S/C14H18N4O2/c1-10(12-6-4-5-7-15-12)16-8-11-13(19-2)17-9-18-14(11)20-3/h4-7,9-10,16H,8H2,1-3H3/t10-/m1/s1. The molecule has 0 saturated carbocycles. The zero-order valence-corrected chi connectivity index (χ0v) is 11.8. The molecule has 6 nitrogen and oxygen atoms in total. The second kappa shape index (κ2) is 6.81. The number of pyridine rings is 1. The molecular weight excluding hydrogens is 256 g/mol. The minimum Gasteiger partial charge on any atom is -0.481 e. The number of rotatable bonds is 6. The molecule has 20 heavy (non-hydrogen) atoms. The second-order valence-electron chi connectivity index (χ2n) is 4.23. The zero-order chi connectivity index (χ0) is 14.4. The van der Waals surface area contributed by atoms with E-state index < -0.39 is 0 Å². The van der Waals surface area contributed by atoms with Crippen molar-refractivity contribution in [3.05, 3.63) is 42.0 Å². The summed E-state index contributed by atoms with van der Waals surface area (Å²) in [5, 5.41) is 3.36. The summed E-state index contributed by atoms with van der Waals surface area (Å²) in [4.78, 5) is 12.5. The second-order valence-corrected chi connectivity index (χ2v) is 4.23. The van der Waals surface area contributed by atoms with Gasteiger partial charge >= 0.3 is 0 Å². The van der Waals surface area contributed by atoms with E-state index in [9.17, 15) is 0 Å². The fourth-order valence-corrected chi connectivity index (χ4v) is 1.88. The molecule has 0 aromatic carbocycles. The summed E-state index contributed by atoms with van der Waals surface area (Å²) in [6.45, 7) is 2.58. The first-order chi connectivity index (χ1) is 9.76. The van der Waals surface area contributed by atoms with E-state index in [0.29, 0.717) is 18.3 Å². The molecular formula is C14H18N4O2. The quantitative estimate of drug-likeness (QED) is 0.865. The predicted molar refractivity (Wildman–Crippen MR) is 74.6 cm³/mol. The lowest BCUT2D eigenvalue weighted by Gasteiger charge is -2.15. The first kappa shape index (κ1) is 14.2. The Labute approximate surface area is 118 Å². The molecule has 0 saturated heterocycles. The van der Waals surface area contributed by atoms with Crippen LogP contribution in [0.3, 0.4) is 0 Å². The van der Waals surface area contributed by atoms with E-state index in [-0.39, 0.29) is 6.04 Å². The van der Waals surface area contributed by atoms with Gasteiger partial charge in [0.2, 0.25) is 11.8 Å². The lowest BCUT2D eigenvalue weighted by atomic mass is 10.2. The Morgan fingerprint density at radius 1 is 1.10 bits per heavy atom. The van der Waals surface area contributed by atoms with Crippen LogP contribution in [0, 0.1) is 0 Å². The Morgan fingerprint density at radius 3 is 2.35 bits per heavy atom. The van der Waals surface area contributed by atoms with E-state index >= 15 is 0 Å². The third-order valence-electron chi connectivity index (χ3n) is 2.97. The van der Waals surface area contributed by atoms with Crippen LogP contribution in [0.25, 0.3) is 0 Å². The number of ether oxygens (including phenoxy) is 2. The molecule has 0 aliphatic heterocycles. The number of hydrogen-bond acceptors (Lipinski definition) is 6. The average Bonchev–Trinajstić information content (AvgIpc) is 2.52. The molecule has 0 unspecified atom stereocenters. The highest BCUT2D eigenvalue weighted by molar-refractivity contribution is 5.34. The lowest BCUT2D eigenvalue weighted by molar-refractivity contribution is 0.357. The number of aromatic nitrogens is 3. The molecule has 0 aliphatic rings. The Bertz CT molecular complexity index is 526. The van der Waals surface area contributed by atoms with E-state index in [4.69, 9.17) is 9.47 Å². The Morgan fingerprint density at radius 2 is 1.80 bits per heavy atom. The van der Waals surface area contributed by atoms with Crippen LogP contribution in [0.4, 0.5) is 0 Å². The van der Waals surface area contributed by atoms with Crippen molar-refractivity contribution in [2.45, 2.75) is 19.5 Å². The van der Waals surface area contributed by atoms with E-state index in [1.807, 2.05) is 25.1 Å². The van der Waals surface area contributed by atoms with Crippen molar-refractivity contribution in [1.29, 1.82) is 0 Å². The van der Waals surface area contributed by atoms with Gasteiger partial charge < -0.3 is 14.8 Å². The highest BCUT2D eigenvalue weighted by Crippen LogP contribution is 2.23. The summed E-state index contributed by atoms with van der Waals surface area (Å²) >= 11 is 0. The third kappa shape index (κ3) is 3.21. The monoisotopic (exact) mass is 274 g/mol. The van der Waals surface area contributed by atoms with Gasteiger partial charge in [-0.25, -0.2) is 9.97 Å². The van der Waals surface area contributed by atoms with Crippen LogP contribution >= 0.6 is 0 Å². The van der Waals surface area contributed by atoms with Crippen LogP contribution in [0.15, 0.2) is 30.7 Å². The molecule has 1 N–H and O–H groups in total. The van der Waals surface area contributed by atoms with Crippen LogP contribution in [-0.4, -0.2) is 29.2 Å². The largest absolute Gasteiger partial charge is 0.481 e. The van der Waals surface area contributed by atoms with E-state index in [2.05, 4.69) is 20.3 Å². The van der Waals surface area contributed by atoms with Crippen molar-refractivity contribution < 1.29 is 9.47 Å². The molecule has 2 rings (SSSR count). The van der Waals surface area contributed by atoms with Gasteiger partial charge in [0.15, 0.2) is 0 Å². The van der Waals surface area contributed by atoms with Crippen LogP contribution in [0.2, 0.25) is 0 Å². The normalized spacial score (nSPS) is 11.9. The van der Waals surface area contributed by atoms with Crippen molar-refractivity contribution >= 4 is 0 Å². The average molecular weight is 274 g/mol. The number of nitrogens with one attached hydrogen (secondary N) is 1. The Hall–Kier alpha value is -2.21. The van der Waals surface area contributed by atoms with Crippen molar-refractivity contribution in [2.75, 3.05) is 14.2 Å². The van der Waals surface area contributed by atoms with Gasteiger partial charge in [0, 0.05) is 18.8 Å². The number of methoxy groups -OCH3 is 2. The summed E-state index contributed by atoms with van der Waals surface area (Å²) in [6, 6.07) is 5.94. The van der Waals surface area contributed by atoms with E-state index in [1.165, 1.54) is 6.33 Å². The maximum absolute atomic E-state index is 5.24. The van der Waals surface area contributed by atoms with Gasteiger partial charge in [0.1, 0.15) is 6.33 Å². The zero-order valence-electron chi connectivity index (χ0n) is 11.8. The molecule has 0 radical (unpaired) electrons. The van der Waals surface area contributed by atoms with Crippen LogP contribution in [-0.2, 0) is 6.54 Å². The highest BCUT2D eigenvalue weighted by atomic mass is 16.5. The summed E-state index contributed by atoms with van der Waals surface area (Å²) in [6.07, 6.45) is 3.20. The van der Waals surface area contributed by atoms with Gasteiger partial charge in [-0.05, 0) is 19.1 Å². The third-order valence-corrected chi connectivity index (χ3v) is 2.97. The van der Waals surface area contributed by atoms with Gasteiger partial charge in [-0.1, -0.05) is 6.07 Å². The van der Waals surface area contributed by atoms with Crippen LogP contribution in [0.5, 0.6) is 11.8 Å². The molecule has 0 spiro atoms. The lowest BCUT2D eigenvalue weighted by Crippen LogP contribution is -2.20. The minimum atomic E-state index is 0.103. The van der Waals surface area contributed by atoms with Crippen molar-refractivity contribution in [1.82, 2.24) is 20.3 Å². The maximum atomic E-state index is 5.24. The summed E-state index contributed by atoms with van der Waals surface area (Å²) in [5.74, 6) is 1.02. The summed E-state index contributed by atoms with van der Waals surface area (Å²) < 4.78 is 10.5. The fourth-order valence-electron chi connectivity index (χ4n) is 1.88. The molecule has 0 bridgehead atoms. The van der Waals surface area contributed by atoms with Crippen LogP contribution < -0.4 is 14.8 Å². The topological polar surface area (TPSA) is 69.2 Å². The van der Waals surface area contributed by atoms with Crippen molar-refractivity contribution in [2.24, 2.45) is 0 Å². The number of nitrogens with zero attached hydrogens (tertiary/aromatic N) is 3. The molecule has 0 fully saturated rings. The minimum absolute atomic E-state index is 0.103. The summed E-state index contributed by atoms with van der Waals surface area (Å²) in [7, 11) is 3.15. The molecule has 1 atom stereocenters. The molecule has 6 heteroatoms. The first-order valence-corrected chi connectivity index (χ1v) is 6.32. The SMILES string of the molecule is COc1ncnc(OC)c1CN[C@H](C)c1ccccn1. The molecule has 106 valence electrons. The Kier molecular flexibility index (Phi) is 4.84. The molecule has 2 heterocycles. The van der Waals surface area contributed by atoms with E-state index in [1.54, 1.807) is 20.4 Å². The van der Waals surface area contributed by atoms with Gasteiger partial charge in [0.05, 0.1) is 25.5 Å². The molecule has 0 amide bonds. The Balaban J connectivity index is 2.11. The number of hydrogen-bond donors (Lipinski definition) is 1. The van der Waals surface area contributed by atoms with E-state index in [0.717, 1.165) is 11.3 Å². The van der Waals surface area contributed by atoms with Gasteiger partial charge in [0.25, 0.3) is 0 Å². The summed E-state index contributed by atoms with van der Waals surface area (Å²) in [5.41, 5.74) is 1.77. The highest BCUT2D eigenvalue weighted by Gasteiger charge is 2.14. The first-order valence-electron chi connectivity index (χ1n) is 6.32. The van der Waals surface area contributed by atoms with Crippen molar-refractivity contribution in [3.63, 3.8) is 0 Å². The van der Waals surface area contributed by atoms with Crippen molar-refractivity contribution in [3.8, 4) is 11.8 Å². The maximum Gasteiger partial charge on any atom is 0.224 e. The van der Waals surface area contributed by atoms with Gasteiger partial charge in [-0.3, -0.25) is 4.98 Å². The smallest absolute Gasteiger partial charge is 0.224 e. The molecule has 0 aliphatic carbocycles. The van der Waals surface area contributed by atoms with Gasteiger partial charge in [-0.2, -0.15) is 0 Å². The van der Waals surface area contributed by atoms with Gasteiger partial charge in [-0.15, -0.1) is 0 Å². The molecule has 2 aromatic heterocycles. The molecule has 2 aromatic rings. The fraction of sp³-hybridized carbons (Fsp3) is 0.357. The predicted octanol–water partition coefficient (Wildman–Crippen LogP) is 1.74.